The summed E-state index contributed by atoms with van der Waals surface area (Å²) in [6.45, 7) is 7.05. The Bertz CT molecular complexity index is 315. The smallest absolute Gasteiger partial charge is 0.240 e. The molecular weight excluding hydrogens is 190 g/mol. The van der Waals surface area contributed by atoms with Crippen LogP contribution in [0.1, 0.15) is 38.4 Å². The number of aromatic nitrogens is 2. The van der Waals surface area contributed by atoms with Gasteiger partial charge >= 0.3 is 0 Å². The van der Waals surface area contributed by atoms with E-state index in [4.69, 9.17) is 4.52 Å². The molecule has 0 aliphatic heterocycles. The fraction of sp³-hybridized carbons (Fsp3) is 0.818. The van der Waals surface area contributed by atoms with Crippen molar-refractivity contribution in [2.75, 3.05) is 0 Å². The summed E-state index contributed by atoms with van der Waals surface area (Å²) in [6.07, 6.45) is 2.72. The Morgan fingerprint density at radius 1 is 1.47 bits per heavy atom. The van der Waals surface area contributed by atoms with Gasteiger partial charge in [-0.15, -0.1) is 0 Å². The standard InChI is InChI=1S/C11H19N3O/c1-7(2)11(9-4-5-9)12-6-10-13-8(3)14-15-10/h7,9,11-12H,4-6H2,1-3H3. The second-order valence-electron chi connectivity index (χ2n) is 4.72. The highest BCUT2D eigenvalue weighted by Crippen LogP contribution is 2.35. The van der Waals surface area contributed by atoms with Crippen molar-refractivity contribution in [2.24, 2.45) is 11.8 Å². The Balaban J connectivity index is 1.85. The van der Waals surface area contributed by atoms with E-state index in [0.29, 0.717) is 30.2 Å². The van der Waals surface area contributed by atoms with Gasteiger partial charge in [-0.25, -0.2) is 0 Å². The van der Waals surface area contributed by atoms with Crippen LogP contribution in [0.3, 0.4) is 0 Å². The van der Waals surface area contributed by atoms with Gasteiger partial charge in [-0.1, -0.05) is 19.0 Å². The van der Waals surface area contributed by atoms with Crippen LogP contribution in [-0.4, -0.2) is 16.2 Å². The lowest BCUT2D eigenvalue weighted by Crippen LogP contribution is -2.35. The summed E-state index contributed by atoms with van der Waals surface area (Å²) in [5.74, 6) is 2.92. The van der Waals surface area contributed by atoms with E-state index >= 15 is 0 Å². The fourth-order valence-corrected chi connectivity index (χ4v) is 2.02. The Hall–Kier alpha value is -0.900. The maximum atomic E-state index is 5.07. The second-order valence-corrected chi connectivity index (χ2v) is 4.72. The largest absolute Gasteiger partial charge is 0.338 e. The highest BCUT2D eigenvalue weighted by Gasteiger charge is 2.32. The molecule has 1 fully saturated rings. The van der Waals surface area contributed by atoms with Crippen molar-refractivity contribution in [1.82, 2.24) is 15.5 Å². The van der Waals surface area contributed by atoms with E-state index in [1.54, 1.807) is 0 Å². The summed E-state index contributed by atoms with van der Waals surface area (Å²) in [5, 5.41) is 7.29. The zero-order chi connectivity index (χ0) is 10.8. The van der Waals surface area contributed by atoms with Crippen LogP contribution in [0.25, 0.3) is 0 Å². The number of rotatable bonds is 5. The van der Waals surface area contributed by atoms with Crippen LogP contribution >= 0.6 is 0 Å². The number of nitrogens with one attached hydrogen (secondary N) is 1. The third kappa shape index (κ3) is 2.78. The predicted octanol–water partition coefficient (Wildman–Crippen LogP) is 1.90. The van der Waals surface area contributed by atoms with Gasteiger partial charge in [-0.3, -0.25) is 0 Å². The molecule has 1 atom stereocenters. The molecule has 0 amide bonds. The molecule has 4 heteroatoms. The van der Waals surface area contributed by atoms with Crippen LogP contribution in [-0.2, 0) is 6.54 Å². The van der Waals surface area contributed by atoms with Gasteiger partial charge in [0.05, 0.1) is 6.54 Å². The molecule has 1 aliphatic carbocycles. The molecule has 4 nitrogen and oxygen atoms in total. The zero-order valence-electron chi connectivity index (χ0n) is 9.66. The first-order valence-corrected chi connectivity index (χ1v) is 5.69. The maximum Gasteiger partial charge on any atom is 0.240 e. The molecule has 1 N–H and O–H groups in total. The second kappa shape index (κ2) is 4.31. The van der Waals surface area contributed by atoms with Crippen LogP contribution in [0.4, 0.5) is 0 Å². The molecule has 1 heterocycles. The summed E-state index contributed by atoms with van der Waals surface area (Å²) < 4.78 is 5.07. The van der Waals surface area contributed by atoms with E-state index in [1.165, 1.54) is 12.8 Å². The summed E-state index contributed by atoms with van der Waals surface area (Å²) >= 11 is 0. The minimum Gasteiger partial charge on any atom is -0.338 e. The van der Waals surface area contributed by atoms with E-state index in [-0.39, 0.29) is 0 Å². The van der Waals surface area contributed by atoms with E-state index in [2.05, 4.69) is 29.3 Å². The number of hydrogen-bond acceptors (Lipinski definition) is 4. The normalized spacial score (nSPS) is 18.4. The van der Waals surface area contributed by atoms with Crippen LogP contribution in [0.5, 0.6) is 0 Å². The summed E-state index contributed by atoms with van der Waals surface area (Å²) in [5.41, 5.74) is 0. The van der Waals surface area contributed by atoms with Crippen LogP contribution < -0.4 is 5.32 Å². The van der Waals surface area contributed by atoms with Crippen LogP contribution in [0.2, 0.25) is 0 Å². The third-order valence-corrected chi connectivity index (χ3v) is 2.91. The molecule has 0 aromatic carbocycles. The highest BCUT2D eigenvalue weighted by molar-refractivity contribution is 4.90. The summed E-state index contributed by atoms with van der Waals surface area (Å²) in [4.78, 5) is 4.18. The fourth-order valence-electron chi connectivity index (χ4n) is 2.02. The monoisotopic (exact) mass is 209 g/mol. The molecule has 1 aliphatic rings. The molecule has 84 valence electrons. The maximum absolute atomic E-state index is 5.07. The lowest BCUT2D eigenvalue weighted by atomic mass is 10.00. The first-order valence-electron chi connectivity index (χ1n) is 5.69. The van der Waals surface area contributed by atoms with Gasteiger partial charge in [0.1, 0.15) is 0 Å². The molecule has 1 unspecified atom stereocenters. The predicted molar refractivity (Wildman–Crippen MR) is 57.2 cm³/mol. The van der Waals surface area contributed by atoms with E-state index in [1.807, 2.05) is 6.92 Å². The molecule has 0 radical (unpaired) electrons. The third-order valence-electron chi connectivity index (χ3n) is 2.91. The van der Waals surface area contributed by atoms with Gasteiger partial charge in [-0.05, 0) is 31.6 Å². The Labute approximate surface area is 90.4 Å². The molecule has 2 rings (SSSR count). The minimum absolute atomic E-state index is 0.595. The van der Waals surface area contributed by atoms with Crippen molar-refractivity contribution in [3.63, 3.8) is 0 Å². The average Bonchev–Trinajstić information content (AvgIpc) is 2.90. The number of nitrogens with zero attached hydrogens (tertiary/aromatic N) is 2. The van der Waals surface area contributed by atoms with Crippen LogP contribution in [0, 0.1) is 18.8 Å². The van der Waals surface area contributed by atoms with Gasteiger partial charge in [-0.2, -0.15) is 4.98 Å². The quantitative estimate of drug-likeness (QED) is 0.804. The van der Waals surface area contributed by atoms with Gasteiger partial charge in [0.2, 0.25) is 5.89 Å². The lowest BCUT2D eigenvalue weighted by molar-refractivity contribution is 0.316. The topological polar surface area (TPSA) is 51.0 Å². The molecule has 1 aromatic rings. The molecule has 1 aromatic heterocycles. The minimum atomic E-state index is 0.595. The van der Waals surface area contributed by atoms with E-state index in [9.17, 15) is 0 Å². The average molecular weight is 209 g/mol. The first kappa shape index (κ1) is 10.6. The zero-order valence-corrected chi connectivity index (χ0v) is 9.66. The molecule has 15 heavy (non-hydrogen) atoms. The molecule has 1 saturated carbocycles. The van der Waals surface area contributed by atoms with Gasteiger partial charge in [0.15, 0.2) is 5.82 Å². The number of hydrogen-bond donors (Lipinski definition) is 1. The molecule has 0 saturated heterocycles. The van der Waals surface area contributed by atoms with Crippen molar-refractivity contribution >= 4 is 0 Å². The lowest BCUT2D eigenvalue weighted by Gasteiger charge is -2.20. The van der Waals surface area contributed by atoms with Crippen molar-refractivity contribution in [3.05, 3.63) is 11.7 Å². The molecule has 0 spiro atoms. The van der Waals surface area contributed by atoms with Crippen molar-refractivity contribution in [2.45, 2.75) is 46.2 Å². The van der Waals surface area contributed by atoms with Crippen LogP contribution in [0.15, 0.2) is 4.52 Å². The Morgan fingerprint density at radius 3 is 2.67 bits per heavy atom. The van der Waals surface area contributed by atoms with Gasteiger partial charge in [0.25, 0.3) is 0 Å². The van der Waals surface area contributed by atoms with Crippen molar-refractivity contribution < 1.29 is 4.52 Å². The van der Waals surface area contributed by atoms with Crippen molar-refractivity contribution in [3.8, 4) is 0 Å². The van der Waals surface area contributed by atoms with Gasteiger partial charge in [0, 0.05) is 6.04 Å². The van der Waals surface area contributed by atoms with E-state index in [0.717, 1.165) is 5.92 Å². The van der Waals surface area contributed by atoms with Crippen molar-refractivity contribution in [1.29, 1.82) is 0 Å². The van der Waals surface area contributed by atoms with Gasteiger partial charge < -0.3 is 9.84 Å². The Morgan fingerprint density at radius 2 is 2.20 bits per heavy atom. The van der Waals surface area contributed by atoms with E-state index < -0.39 is 0 Å². The first-order chi connectivity index (χ1) is 7.16. The SMILES string of the molecule is Cc1noc(CNC(C(C)C)C2CC2)n1. The highest BCUT2D eigenvalue weighted by atomic mass is 16.5. The Kier molecular flexibility index (Phi) is 3.05. The molecular formula is C11H19N3O. The summed E-state index contributed by atoms with van der Waals surface area (Å²) in [6, 6.07) is 0.595. The number of aryl methyl sites for hydroxylation is 1. The molecule has 0 bridgehead atoms. The summed E-state index contributed by atoms with van der Waals surface area (Å²) in [7, 11) is 0.